The second kappa shape index (κ2) is 4.58. The number of aliphatic hydroxyl groups excluding tert-OH is 1. The summed E-state index contributed by atoms with van der Waals surface area (Å²) in [6, 6.07) is 5.51. The van der Waals surface area contributed by atoms with Gasteiger partial charge in [-0.05, 0) is 30.2 Å². The van der Waals surface area contributed by atoms with Gasteiger partial charge in [0.05, 0.1) is 5.71 Å². The molecule has 0 bridgehead atoms. The third kappa shape index (κ3) is 1.65. The Morgan fingerprint density at radius 1 is 0.920 bits per heavy atom. The van der Waals surface area contributed by atoms with E-state index in [-0.39, 0.29) is 13.6 Å². The van der Waals surface area contributed by atoms with Crippen molar-refractivity contribution in [3.63, 3.8) is 0 Å². The Morgan fingerprint density at radius 3 is 2.60 bits per heavy atom. The van der Waals surface area contributed by atoms with Crippen molar-refractivity contribution < 1.29 is 28.8 Å². The molecule has 0 aromatic heterocycles. The van der Waals surface area contributed by atoms with E-state index in [2.05, 4.69) is 4.99 Å². The highest BCUT2D eigenvalue weighted by molar-refractivity contribution is 6.10. The maximum atomic E-state index is 11.0. The number of rotatable bonds is 0. The standard InChI is InChI=1S/C18H13NO6/c20-14-9-1-2-10-16(23-6-21-10)15(9)25-18-12-8(3-4-19-13(12)14)5-11-17(18)24-7-22-11/h1-2,5,14,20H,3-4,6-7H2/t14-/m0/s1. The number of ether oxygens (including phenoxy) is 5. The number of benzene rings is 2. The maximum Gasteiger partial charge on any atom is 0.231 e. The van der Waals surface area contributed by atoms with Gasteiger partial charge < -0.3 is 28.8 Å². The quantitative estimate of drug-likeness (QED) is 0.794. The smallest absolute Gasteiger partial charge is 0.231 e. The zero-order chi connectivity index (χ0) is 16.5. The van der Waals surface area contributed by atoms with Gasteiger partial charge in [-0.2, -0.15) is 0 Å². The summed E-state index contributed by atoms with van der Waals surface area (Å²) in [7, 11) is 0. The predicted molar refractivity (Wildman–Crippen MR) is 85.3 cm³/mol. The van der Waals surface area contributed by atoms with Gasteiger partial charge in [0.2, 0.25) is 25.1 Å². The van der Waals surface area contributed by atoms with Crippen LogP contribution >= 0.6 is 0 Å². The Hall–Kier alpha value is -2.93. The van der Waals surface area contributed by atoms with Crippen LogP contribution in [0.2, 0.25) is 0 Å². The van der Waals surface area contributed by atoms with Gasteiger partial charge in [0.1, 0.15) is 6.10 Å². The molecule has 4 aliphatic rings. The minimum atomic E-state index is -0.912. The van der Waals surface area contributed by atoms with E-state index < -0.39 is 6.10 Å². The van der Waals surface area contributed by atoms with Crippen LogP contribution in [0.5, 0.6) is 34.5 Å². The molecule has 7 heteroatoms. The Kier molecular flexibility index (Phi) is 2.45. The number of hydrogen-bond acceptors (Lipinski definition) is 7. The van der Waals surface area contributed by atoms with Gasteiger partial charge in [0.15, 0.2) is 23.0 Å². The summed E-state index contributed by atoms with van der Waals surface area (Å²) in [5, 5.41) is 11.0. The highest BCUT2D eigenvalue weighted by atomic mass is 16.7. The average Bonchev–Trinajstić information content (AvgIpc) is 3.27. The fourth-order valence-corrected chi connectivity index (χ4v) is 3.77. The lowest BCUT2D eigenvalue weighted by Crippen LogP contribution is -2.19. The third-order valence-electron chi connectivity index (χ3n) is 4.90. The molecule has 6 rings (SSSR count). The van der Waals surface area contributed by atoms with Gasteiger partial charge in [0, 0.05) is 17.7 Å². The number of aliphatic hydroxyl groups is 1. The fraction of sp³-hybridized carbons (Fsp3) is 0.278. The predicted octanol–water partition coefficient (Wildman–Crippen LogP) is 2.33. The number of nitrogens with zero attached hydrogens (tertiary/aromatic N) is 1. The van der Waals surface area contributed by atoms with Crippen LogP contribution in [0.1, 0.15) is 22.8 Å². The molecule has 126 valence electrons. The van der Waals surface area contributed by atoms with Crippen molar-refractivity contribution in [2.75, 3.05) is 20.1 Å². The minimum absolute atomic E-state index is 0.122. The summed E-state index contributed by atoms with van der Waals surface area (Å²) < 4.78 is 28.5. The lowest BCUT2D eigenvalue weighted by molar-refractivity contribution is 0.169. The molecule has 0 spiro atoms. The first kappa shape index (κ1) is 13.4. The van der Waals surface area contributed by atoms with E-state index in [9.17, 15) is 5.11 Å². The molecule has 25 heavy (non-hydrogen) atoms. The molecule has 2 aromatic carbocycles. The molecule has 0 saturated heterocycles. The van der Waals surface area contributed by atoms with Crippen molar-refractivity contribution in [2.24, 2.45) is 4.99 Å². The summed E-state index contributed by atoms with van der Waals surface area (Å²) >= 11 is 0. The molecular weight excluding hydrogens is 326 g/mol. The number of hydrogen-bond donors (Lipinski definition) is 1. The SMILES string of the molecule is O[C@@H]1C2=NCCc3cc4c(c(c32)Oc2c1ccc1c2OCO1)OCO4. The minimum Gasteiger partial charge on any atom is -0.453 e. The molecule has 1 atom stereocenters. The molecule has 0 amide bonds. The van der Waals surface area contributed by atoms with Crippen molar-refractivity contribution in [3.8, 4) is 34.5 Å². The molecule has 1 N–H and O–H groups in total. The van der Waals surface area contributed by atoms with Crippen LogP contribution in [0.15, 0.2) is 23.2 Å². The first-order valence-corrected chi connectivity index (χ1v) is 8.10. The van der Waals surface area contributed by atoms with Crippen LogP contribution < -0.4 is 23.7 Å². The van der Waals surface area contributed by atoms with Crippen molar-refractivity contribution in [1.82, 2.24) is 0 Å². The molecule has 4 heterocycles. The molecule has 7 nitrogen and oxygen atoms in total. The van der Waals surface area contributed by atoms with Gasteiger partial charge in [-0.15, -0.1) is 0 Å². The van der Waals surface area contributed by atoms with E-state index in [1.54, 1.807) is 12.1 Å². The van der Waals surface area contributed by atoms with Crippen molar-refractivity contribution in [1.29, 1.82) is 0 Å². The molecule has 0 radical (unpaired) electrons. The van der Waals surface area contributed by atoms with Crippen LogP contribution in [0, 0.1) is 0 Å². The van der Waals surface area contributed by atoms with Gasteiger partial charge >= 0.3 is 0 Å². The second-order valence-electron chi connectivity index (χ2n) is 6.21. The van der Waals surface area contributed by atoms with Gasteiger partial charge in [-0.1, -0.05) is 0 Å². The zero-order valence-corrected chi connectivity index (χ0v) is 13.1. The first-order valence-electron chi connectivity index (χ1n) is 8.10. The highest BCUT2D eigenvalue weighted by Gasteiger charge is 2.39. The Labute approximate surface area is 142 Å². The third-order valence-corrected chi connectivity index (χ3v) is 4.90. The largest absolute Gasteiger partial charge is 0.453 e. The lowest BCUT2D eigenvalue weighted by atomic mass is 9.91. The zero-order valence-electron chi connectivity index (χ0n) is 13.1. The molecule has 4 aliphatic heterocycles. The lowest BCUT2D eigenvalue weighted by Gasteiger charge is -2.20. The van der Waals surface area contributed by atoms with Crippen molar-refractivity contribution in [2.45, 2.75) is 12.5 Å². The van der Waals surface area contributed by atoms with E-state index >= 15 is 0 Å². The molecule has 0 saturated carbocycles. The van der Waals surface area contributed by atoms with Gasteiger partial charge in [-0.3, -0.25) is 4.99 Å². The molecule has 0 unspecified atom stereocenters. The summed E-state index contributed by atoms with van der Waals surface area (Å²) in [5.41, 5.74) is 3.00. The Bertz CT molecular complexity index is 967. The molecule has 0 fully saturated rings. The van der Waals surface area contributed by atoms with Crippen LogP contribution in [-0.2, 0) is 6.42 Å². The monoisotopic (exact) mass is 339 g/mol. The topological polar surface area (TPSA) is 78.7 Å². The first-order chi connectivity index (χ1) is 12.3. The van der Waals surface area contributed by atoms with E-state index in [0.29, 0.717) is 52.3 Å². The number of aliphatic imine (C=N–C) groups is 1. The van der Waals surface area contributed by atoms with Crippen LogP contribution in [-0.4, -0.2) is 30.9 Å². The molecular formula is C18H13NO6. The van der Waals surface area contributed by atoms with Crippen LogP contribution in [0.3, 0.4) is 0 Å². The van der Waals surface area contributed by atoms with Crippen LogP contribution in [0.25, 0.3) is 0 Å². The Balaban J connectivity index is 1.68. The van der Waals surface area contributed by atoms with Gasteiger partial charge in [-0.25, -0.2) is 0 Å². The number of fused-ring (bicyclic) bond motifs is 5. The van der Waals surface area contributed by atoms with Crippen molar-refractivity contribution in [3.05, 3.63) is 34.9 Å². The average molecular weight is 339 g/mol. The van der Waals surface area contributed by atoms with E-state index in [1.807, 2.05) is 6.07 Å². The summed E-state index contributed by atoms with van der Waals surface area (Å²) in [5.74, 6) is 3.22. The highest BCUT2D eigenvalue weighted by Crippen LogP contribution is 2.55. The van der Waals surface area contributed by atoms with E-state index in [1.165, 1.54) is 0 Å². The molecule has 0 aliphatic carbocycles. The maximum absolute atomic E-state index is 11.0. The molecule has 2 aromatic rings. The van der Waals surface area contributed by atoms with Crippen molar-refractivity contribution >= 4 is 5.71 Å². The van der Waals surface area contributed by atoms with E-state index in [0.717, 1.165) is 17.5 Å². The Morgan fingerprint density at radius 2 is 1.72 bits per heavy atom. The van der Waals surface area contributed by atoms with E-state index in [4.69, 9.17) is 23.7 Å². The fourth-order valence-electron chi connectivity index (χ4n) is 3.77. The summed E-state index contributed by atoms with van der Waals surface area (Å²) in [6.07, 6.45) is -0.155. The van der Waals surface area contributed by atoms with Gasteiger partial charge in [0.25, 0.3) is 0 Å². The van der Waals surface area contributed by atoms with Crippen LogP contribution in [0.4, 0.5) is 0 Å². The summed E-state index contributed by atoms with van der Waals surface area (Å²) in [4.78, 5) is 4.58. The normalized spacial score (nSPS) is 21.0. The summed E-state index contributed by atoms with van der Waals surface area (Å²) in [6.45, 7) is 0.873. The second-order valence-corrected chi connectivity index (χ2v) is 6.21.